The van der Waals surface area contributed by atoms with E-state index in [2.05, 4.69) is 41.3 Å². The zero-order chi connectivity index (χ0) is 24.4. The Balaban J connectivity index is 1.39. The molecule has 0 aromatic heterocycles. The maximum Gasteiger partial charge on any atom is 0.220 e. The van der Waals surface area contributed by atoms with Crippen molar-refractivity contribution in [2.75, 3.05) is 59.5 Å². The SMILES string of the molecule is CN1CCC(NC2CC(C)(C)C3CC(C)(O)CCC23CCC(=O)NCCN2CCOCC2)CC1. The van der Waals surface area contributed by atoms with Crippen LogP contribution in [0.2, 0.25) is 0 Å². The first-order chi connectivity index (χ1) is 16.1. The molecule has 3 N–H and O–H groups in total. The lowest BCUT2D eigenvalue weighted by Gasteiger charge is -2.51. The van der Waals surface area contributed by atoms with Gasteiger partial charge in [0.25, 0.3) is 0 Å². The maximum absolute atomic E-state index is 12.9. The lowest BCUT2D eigenvalue weighted by molar-refractivity contribution is -0.123. The molecule has 2 saturated carbocycles. The van der Waals surface area contributed by atoms with Crippen molar-refractivity contribution in [3.63, 3.8) is 0 Å². The van der Waals surface area contributed by atoms with E-state index in [1.807, 2.05) is 6.92 Å². The quantitative estimate of drug-likeness (QED) is 0.497. The monoisotopic (exact) mass is 478 g/mol. The molecule has 4 unspecified atom stereocenters. The molecule has 2 saturated heterocycles. The van der Waals surface area contributed by atoms with E-state index in [0.717, 1.165) is 78.0 Å². The molecule has 7 nitrogen and oxygen atoms in total. The Kier molecular flexibility index (Phi) is 8.30. The molecule has 7 heteroatoms. The molecule has 4 atom stereocenters. The Bertz CT molecular complexity index is 685. The minimum Gasteiger partial charge on any atom is -0.390 e. The molecule has 0 aromatic carbocycles. The number of rotatable bonds is 8. The van der Waals surface area contributed by atoms with E-state index < -0.39 is 5.60 Å². The van der Waals surface area contributed by atoms with E-state index in [4.69, 9.17) is 4.74 Å². The largest absolute Gasteiger partial charge is 0.390 e. The molecule has 4 aliphatic rings. The van der Waals surface area contributed by atoms with Crippen molar-refractivity contribution in [3.8, 4) is 0 Å². The summed E-state index contributed by atoms with van der Waals surface area (Å²) in [6, 6.07) is 0.996. The van der Waals surface area contributed by atoms with Gasteiger partial charge in [0.15, 0.2) is 0 Å². The molecule has 2 heterocycles. The molecule has 0 spiro atoms. The van der Waals surface area contributed by atoms with Gasteiger partial charge < -0.3 is 25.4 Å². The summed E-state index contributed by atoms with van der Waals surface area (Å²) < 4.78 is 5.42. The fraction of sp³-hybridized carbons (Fsp3) is 0.963. The van der Waals surface area contributed by atoms with Crippen LogP contribution in [-0.2, 0) is 9.53 Å². The third kappa shape index (κ3) is 6.15. The van der Waals surface area contributed by atoms with Crippen molar-refractivity contribution >= 4 is 5.91 Å². The number of fused-ring (bicyclic) bond motifs is 1. The summed E-state index contributed by atoms with van der Waals surface area (Å²) in [4.78, 5) is 17.7. The van der Waals surface area contributed by atoms with Crippen LogP contribution in [0.25, 0.3) is 0 Å². The minimum absolute atomic E-state index is 0.0939. The van der Waals surface area contributed by atoms with Gasteiger partial charge in [0, 0.05) is 44.7 Å². The number of carbonyl (C=O) groups excluding carboxylic acids is 1. The van der Waals surface area contributed by atoms with E-state index in [0.29, 0.717) is 31.0 Å². The highest BCUT2D eigenvalue weighted by molar-refractivity contribution is 5.75. The summed E-state index contributed by atoms with van der Waals surface area (Å²) >= 11 is 0. The van der Waals surface area contributed by atoms with Crippen LogP contribution in [0.15, 0.2) is 0 Å². The molecule has 1 amide bonds. The van der Waals surface area contributed by atoms with Gasteiger partial charge in [-0.15, -0.1) is 0 Å². The van der Waals surface area contributed by atoms with Crippen molar-refractivity contribution in [1.29, 1.82) is 0 Å². The minimum atomic E-state index is -0.589. The van der Waals surface area contributed by atoms with E-state index in [1.165, 1.54) is 12.8 Å². The number of amides is 1. The number of hydrogen-bond donors (Lipinski definition) is 3. The first-order valence-electron chi connectivity index (χ1n) is 13.8. The van der Waals surface area contributed by atoms with Gasteiger partial charge >= 0.3 is 0 Å². The zero-order valence-electron chi connectivity index (χ0n) is 22.2. The molecule has 0 aromatic rings. The Morgan fingerprint density at radius 1 is 1.06 bits per heavy atom. The molecule has 2 aliphatic carbocycles. The van der Waals surface area contributed by atoms with E-state index >= 15 is 0 Å². The first kappa shape index (κ1) is 26.3. The first-order valence-corrected chi connectivity index (χ1v) is 13.8. The van der Waals surface area contributed by atoms with Crippen molar-refractivity contribution in [2.24, 2.45) is 16.7 Å². The van der Waals surface area contributed by atoms with Crippen molar-refractivity contribution in [2.45, 2.75) is 89.8 Å². The Morgan fingerprint density at radius 3 is 2.47 bits per heavy atom. The lowest BCUT2D eigenvalue weighted by Crippen LogP contribution is -2.54. The molecule has 0 bridgehead atoms. The van der Waals surface area contributed by atoms with Gasteiger partial charge in [-0.1, -0.05) is 13.8 Å². The zero-order valence-corrected chi connectivity index (χ0v) is 22.2. The predicted octanol–water partition coefficient (Wildman–Crippen LogP) is 2.23. The van der Waals surface area contributed by atoms with Crippen molar-refractivity contribution < 1.29 is 14.6 Å². The van der Waals surface area contributed by atoms with Crippen molar-refractivity contribution in [3.05, 3.63) is 0 Å². The average Bonchev–Trinajstić information content (AvgIpc) is 3.00. The van der Waals surface area contributed by atoms with Gasteiger partial charge in [-0.25, -0.2) is 0 Å². The summed E-state index contributed by atoms with van der Waals surface area (Å²) in [6.45, 7) is 14.2. The van der Waals surface area contributed by atoms with Crippen LogP contribution in [0, 0.1) is 16.7 Å². The van der Waals surface area contributed by atoms with E-state index in [9.17, 15) is 9.90 Å². The topological polar surface area (TPSA) is 77.1 Å². The van der Waals surface area contributed by atoms with Crippen LogP contribution in [0.1, 0.15) is 72.1 Å². The number of carbonyl (C=O) groups is 1. The van der Waals surface area contributed by atoms with Crippen LogP contribution in [0.5, 0.6) is 0 Å². The van der Waals surface area contributed by atoms with Crippen LogP contribution in [0.3, 0.4) is 0 Å². The van der Waals surface area contributed by atoms with Gasteiger partial charge in [0.1, 0.15) is 0 Å². The molecule has 196 valence electrons. The van der Waals surface area contributed by atoms with Crippen LogP contribution in [0.4, 0.5) is 0 Å². The Labute approximate surface area is 207 Å². The Morgan fingerprint density at radius 2 is 1.76 bits per heavy atom. The molecular formula is C27H50N4O3. The van der Waals surface area contributed by atoms with Crippen LogP contribution in [-0.4, -0.2) is 98.0 Å². The molecular weight excluding hydrogens is 428 g/mol. The van der Waals surface area contributed by atoms with Gasteiger partial charge in [0.2, 0.25) is 5.91 Å². The molecule has 4 fully saturated rings. The highest BCUT2D eigenvalue weighted by Crippen LogP contribution is 2.64. The van der Waals surface area contributed by atoms with Gasteiger partial charge in [-0.3, -0.25) is 9.69 Å². The maximum atomic E-state index is 12.9. The third-order valence-electron chi connectivity index (χ3n) is 9.66. The number of aliphatic hydroxyl groups is 1. The second-order valence-electron chi connectivity index (χ2n) is 12.8. The van der Waals surface area contributed by atoms with Gasteiger partial charge in [-0.05, 0) is 88.8 Å². The second-order valence-corrected chi connectivity index (χ2v) is 12.8. The highest BCUT2D eigenvalue weighted by Gasteiger charge is 2.61. The predicted molar refractivity (Wildman–Crippen MR) is 136 cm³/mol. The average molecular weight is 479 g/mol. The normalized spacial score (nSPS) is 37.4. The van der Waals surface area contributed by atoms with Gasteiger partial charge in [0.05, 0.1) is 18.8 Å². The molecule has 34 heavy (non-hydrogen) atoms. The summed E-state index contributed by atoms with van der Waals surface area (Å²) in [5.41, 5.74) is -0.328. The highest BCUT2D eigenvalue weighted by atomic mass is 16.5. The van der Waals surface area contributed by atoms with Crippen LogP contribution < -0.4 is 10.6 Å². The van der Waals surface area contributed by atoms with E-state index in [-0.39, 0.29) is 16.7 Å². The number of ether oxygens (including phenoxy) is 1. The summed E-state index contributed by atoms with van der Waals surface area (Å²) in [7, 11) is 2.22. The smallest absolute Gasteiger partial charge is 0.220 e. The van der Waals surface area contributed by atoms with Crippen molar-refractivity contribution in [1.82, 2.24) is 20.4 Å². The number of piperidine rings is 1. The van der Waals surface area contributed by atoms with E-state index in [1.54, 1.807) is 0 Å². The fourth-order valence-electron chi connectivity index (χ4n) is 7.54. The lowest BCUT2D eigenvalue weighted by atomic mass is 9.57. The fourth-order valence-corrected chi connectivity index (χ4v) is 7.54. The number of hydrogen-bond acceptors (Lipinski definition) is 6. The molecule has 0 radical (unpaired) electrons. The summed E-state index contributed by atoms with van der Waals surface area (Å²) in [5, 5.41) is 18.3. The number of morpholine rings is 1. The summed E-state index contributed by atoms with van der Waals surface area (Å²) in [6.07, 6.45) is 7.75. The molecule has 4 rings (SSSR count). The second kappa shape index (κ2) is 10.7. The Hall–Kier alpha value is -0.730. The van der Waals surface area contributed by atoms with Gasteiger partial charge in [-0.2, -0.15) is 0 Å². The third-order valence-corrected chi connectivity index (χ3v) is 9.66. The number of likely N-dealkylation sites (tertiary alicyclic amines) is 1. The number of nitrogens with zero attached hydrogens (tertiary/aromatic N) is 2. The standard InChI is InChI=1S/C27H50N4O3/c1-25(2)20-23(29-21-6-12-30(4)13-7-21)27(10-9-26(3,33)19-22(25)27)8-5-24(32)28-11-14-31-15-17-34-18-16-31/h21-23,29,33H,5-20H2,1-4H3,(H,28,32). The number of nitrogens with one attached hydrogen (secondary N) is 2. The molecule has 2 aliphatic heterocycles. The van der Waals surface area contributed by atoms with Crippen LogP contribution >= 0.6 is 0 Å². The summed E-state index contributed by atoms with van der Waals surface area (Å²) in [5.74, 6) is 0.620.